The first-order valence-corrected chi connectivity index (χ1v) is 8.68. The van der Waals surface area contributed by atoms with E-state index in [1.54, 1.807) is 45.0 Å². The zero-order valence-corrected chi connectivity index (χ0v) is 15.2. The molecule has 0 saturated carbocycles. The molecule has 2 atom stereocenters. The maximum absolute atomic E-state index is 11.6. The van der Waals surface area contributed by atoms with Crippen LogP contribution in [0.15, 0.2) is 29.6 Å². The molecular weight excluding hydrogens is 342 g/mol. The minimum absolute atomic E-state index is 0.125. The largest absolute Gasteiger partial charge is 0.444 e. The number of aliphatic hydroxyl groups excluding tert-OH is 2. The first-order valence-electron chi connectivity index (χ1n) is 7.80. The molecule has 7 nitrogen and oxygen atoms in total. The Morgan fingerprint density at radius 1 is 1.32 bits per heavy atom. The highest BCUT2D eigenvalue weighted by atomic mass is 32.1. The number of anilines is 1. The fraction of sp³-hybridized carbons (Fsp3) is 0.412. The molecule has 1 aromatic carbocycles. The highest BCUT2D eigenvalue weighted by Crippen LogP contribution is 2.25. The molecule has 2 unspecified atom stereocenters. The lowest BCUT2D eigenvalue weighted by Crippen LogP contribution is -2.38. The van der Waals surface area contributed by atoms with Crippen molar-refractivity contribution in [3.8, 4) is 11.3 Å². The monoisotopic (exact) mass is 365 g/mol. The van der Waals surface area contributed by atoms with Crippen LogP contribution in [0.5, 0.6) is 0 Å². The standard InChI is InChI=1S/C17H23N3O4S/c1-17(2,3)24-16(23)19-8-13(21)14(22)11-6-4-10(5-7-11)12-9-25-15(18)20-12/h4-7,9,13-14,21-22H,8H2,1-3H3,(H2,18,20)(H,19,23). The van der Waals surface area contributed by atoms with Gasteiger partial charge in [0.15, 0.2) is 5.13 Å². The Kier molecular flexibility index (Phi) is 5.99. The number of ether oxygens (including phenoxy) is 1. The first-order chi connectivity index (χ1) is 11.7. The van der Waals surface area contributed by atoms with E-state index in [2.05, 4.69) is 10.3 Å². The number of alkyl carbamates (subject to hydrolysis) is 1. The van der Waals surface area contributed by atoms with Crippen molar-refractivity contribution in [3.05, 3.63) is 35.2 Å². The maximum Gasteiger partial charge on any atom is 0.407 e. The second-order valence-electron chi connectivity index (χ2n) is 6.59. The van der Waals surface area contributed by atoms with Crippen LogP contribution in [-0.2, 0) is 4.74 Å². The van der Waals surface area contributed by atoms with Crippen LogP contribution < -0.4 is 11.1 Å². The smallest absolute Gasteiger partial charge is 0.407 e. The van der Waals surface area contributed by atoms with Crippen LogP contribution in [0, 0.1) is 0 Å². The number of carbonyl (C=O) groups is 1. The van der Waals surface area contributed by atoms with Gasteiger partial charge in [0, 0.05) is 17.5 Å². The van der Waals surface area contributed by atoms with Gasteiger partial charge in [-0.1, -0.05) is 24.3 Å². The number of benzene rings is 1. The number of nitrogens with one attached hydrogen (secondary N) is 1. The van der Waals surface area contributed by atoms with Gasteiger partial charge in [0.2, 0.25) is 0 Å². The van der Waals surface area contributed by atoms with E-state index in [1.807, 2.05) is 5.38 Å². The quantitative estimate of drug-likeness (QED) is 0.646. The topological polar surface area (TPSA) is 118 Å². The molecule has 0 aliphatic heterocycles. The Balaban J connectivity index is 1.93. The van der Waals surface area contributed by atoms with Gasteiger partial charge in [-0.3, -0.25) is 0 Å². The van der Waals surface area contributed by atoms with Gasteiger partial charge in [0.05, 0.1) is 5.69 Å². The number of amides is 1. The molecule has 1 amide bonds. The van der Waals surface area contributed by atoms with E-state index in [0.29, 0.717) is 10.7 Å². The van der Waals surface area contributed by atoms with Crippen molar-refractivity contribution in [2.24, 2.45) is 0 Å². The molecule has 2 aromatic rings. The van der Waals surface area contributed by atoms with E-state index in [1.165, 1.54) is 11.3 Å². The molecule has 0 radical (unpaired) electrons. The molecule has 8 heteroatoms. The fourth-order valence-electron chi connectivity index (χ4n) is 2.11. The summed E-state index contributed by atoms with van der Waals surface area (Å²) >= 11 is 1.35. The molecule has 0 aliphatic carbocycles. The van der Waals surface area contributed by atoms with E-state index in [4.69, 9.17) is 10.5 Å². The summed E-state index contributed by atoms with van der Waals surface area (Å²) < 4.78 is 5.08. The zero-order valence-electron chi connectivity index (χ0n) is 14.4. The van der Waals surface area contributed by atoms with Gasteiger partial charge in [-0.2, -0.15) is 0 Å². The van der Waals surface area contributed by atoms with Gasteiger partial charge in [-0.15, -0.1) is 11.3 Å². The normalized spacial score (nSPS) is 14.0. The third kappa shape index (κ3) is 5.70. The zero-order chi connectivity index (χ0) is 18.6. The molecular formula is C17H23N3O4S. The fourth-order valence-corrected chi connectivity index (χ4v) is 2.68. The van der Waals surface area contributed by atoms with Crippen molar-refractivity contribution >= 4 is 22.6 Å². The SMILES string of the molecule is CC(C)(C)OC(=O)NCC(O)C(O)c1ccc(-c2csc(N)n2)cc1. The number of hydrogen-bond donors (Lipinski definition) is 4. The molecule has 0 aliphatic rings. The third-order valence-electron chi connectivity index (χ3n) is 3.29. The van der Waals surface area contributed by atoms with Crippen LogP contribution in [0.2, 0.25) is 0 Å². The predicted octanol–water partition coefficient (Wildman–Crippen LogP) is 2.31. The Hall–Kier alpha value is -2.16. The molecule has 25 heavy (non-hydrogen) atoms. The summed E-state index contributed by atoms with van der Waals surface area (Å²) in [4.78, 5) is 15.8. The van der Waals surface area contributed by atoms with E-state index >= 15 is 0 Å². The lowest BCUT2D eigenvalue weighted by atomic mass is 10.0. The van der Waals surface area contributed by atoms with Gasteiger partial charge in [0.1, 0.15) is 17.8 Å². The summed E-state index contributed by atoms with van der Waals surface area (Å²) in [5.41, 5.74) is 7.16. The number of nitrogens with two attached hydrogens (primary N) is 1. The van der Waals surface area contributed by atoms with Crippen molar-refractivity contribution in [3.63, 3.8) is 0 Å². The van der Waals surface area contributed by atoms with Crippen LogP contribution in [0.1, 0.15) is 32.4 Å². The van der Waals surface area contributed by atoms with Crippen molar-refractivity contribution in [1.82, 2.24) is 10.3 Å². The van der Waals surface area contributed by atoms with Crippen molar-refractivity contribution in [2.75, 3.05) is 12.3 Å². The van der Waals surface area contributed by atoms with Crippen LogP contribution in [-0.4, -0.2) is 39.5 Å². The van der Waals surface area contributed by atoms with E-state index in [-0.39, 0.29) is 6.54 Å². The van der Waals surface area contributed by atoms with Gasteiger partial charge in [0.25, 0.3) is 0 Å². The number of rotatable bonds is 5. The molecule has 136 valence electrons. The molecule has 1 heterocycles. The molecule has 2 rings (SSSR count). The maximum atomic E-state index is 11.6. The average molecular weight is 365 g/mol. The van der Waals surface area contributed by atoms with Crippen molar-refractivity contribution in [1.29, 1.82) is 0 Å². The molecule has 0 saturated heterocycles. The summed E-state index contributed by atoms with van der Waals surface area (Å²) in [6.45, 7) is 5.11. The van der Waals surface area contributed by atoms with Crippen LogP contribution in [0.3, 0.4) is 0 Å². The number of nitrogens with zero attached hydrogens (tertiary/aromatic N) is 1. The molecule has 5 N–H and O–H groups in total. The van der Waals surface area contributed by atoms with Gasteiger partial charge >= 0.3 is 6.09 Å². The van der Waals surface area contributed by atoms with Gasteiger partial charge in [-0.25, -0.2) is 9.78 Å². The lowest BCUT2D eigenvalue weighted by molar-refractivity contribution is 0.0129. The highest BCUT2D eigenvalue weighted by Gasteiger charge is 2.21. The van der Waals surface area contributed by atoms with Gasteiger partial charge in [-0.05, 0) is 26.3 Å². The highest BCUT2D eigenvalue weighted by molar-refractivity contribution is 7.13. The Morgan fingerprint density at radius 3 is 2.48 bits per heavy atom. The summed E-state index contributed by atoms with van der Waals surface area (Å²) in [6, 6.07) is 6.99. The lowest BCUT2D eigenvalue weighted by Gasteiger charge is -2.22. The van der Waals surface area contributed by atoms with E-state index < -0.39 is 23.9 Å². The summed E-state index contributed by atoms with van der Waals surface area (Å²) in [6.07, 6.45) is -2.94. The summed E-state index contributed by atoms with van der Waals surface area (Å²) in [5.74, 6) is 0. The Morgan fingerprint density at radius 2 is 1.96 bits per heavy atom. The molecule has 0 bridgehead atoms. The molecule has 0 fully saturated rings. The predicted molar refractivity (Wildman–Crippen MR) is 97.2 cm³/mol. The first kappa shape index (κ1) is 19.2. The van der Waals surface area contributed by atoms with E-state index in [9.17, 15) is 15.0 Å². The van der Waals surface area contributed by atoms with Crippen molar-refractivity contribution < 1.29 is 19.7 Å². The third-order valence-corrected chi connectivity index (χ3v) is 3.96. The Bertz CT molecular complexity index is 709. The van der Waals surface area contributed by atoms with Gasteiger partial charge < -0.3 is 26.0 Å². The number of hydrogen-bond acceptors (Lipinski definition) is 7. The molecule has 0 spiro atoms. The van der Waals surface area contributed by atoms with Crippen molar-refractivity contribution in [2.45, 2.75) is 38.6 Å². The van der Waals surface area contributed by atoms with Crippen LogP contribution in [0.4, 0.5) is 9.93 Å². The second kappa shape index (κ2) is 7.81. The Labute approximate surface area is 150 Å². The molecule has 1 aromatic heterocycles. The number of carbonyl (C=O) groups excluding carboxylic acids is 1. The van der Waals surface area contributed by atoms with E-state index in [0.717, 1.165) is 11.3 Å². The second-order valence-corrected chi connectivity index (χ2v) is 7.48. The van der Waals surface area contributed by atoms with Crippen LogP contribution >= 0.6 is 11.3 Å². The summed E-state index contributed by atoms with van der Waals surface area (Å²) in [5, 5.41) is 25.1. The number of aromatic nitrogens is 1. The number of aliphatic hydroxyl groups is 2. The average Bonchev–Trinajstić information content (AvgIpc) is 2.97. The van der Waals surface area contributed by atoms with Crippen LogP contribution in [0.25, 0.3) is 11.3 Å². The number of thiazole rings is 1. The minimum Gasteiger partial charge on any atom is -0.444 e. The summed E-state index contributed by atoms with van der Waals surface area (Å²) in [7, 11) is 0. The number of nitrogen functional groups attached to an aromatic ring is 1. The minimum atomic E-state index is -1.16.